The standard InChI is InChI=1S/C13H20O3/c1-4-13(3,14)10-16-12-8-6-7-11(9-12)15-5-2/h6-9,14H,4-5,10H2,1-3H3. The van der Waals surface area contributed by atoms with Gasteiger partial charge < -0.3 is 14.6 Å². The van der Waals surface area contributed by atoms with Crippen LogP contribution in [0.4, 0.5) is 0 Å². The molecule has 1 N–H and O–H groups in total. The van der Waals surface area contributed by atoms with Crippen molar-refractivity contribution < 1.29 is 14.6 Å². The summed E-state index contributed by atoms with van der Waals surface area (Å²) in [6, 6.07) is 7.44. The summed E-state index contributed by atoms with van der Waals surface area (Å²) >= 11 is 0. The second kappa shape index (κ2) is 5.75. The largest absolute Gasteiger partial charge is 0.494 e. The van der Waals surface area contributed by atoms with Crippen LogP contribution in [0, 0.1) is 0 Å². The molecule has 1 aromatic carbocycles. The monoisotopic (exact) mass is 224 g/mol. The molecule has 1 atom stereocenters. The number of ether oxygens (including phenoxy) is 2. The van der Waals surface area contributed by atoms with Gasteiger partial charge in [-0.3, -0.25) is 0 Å². The Bertz CT molecular complexity index is 321. The summed E-state index contributed by atoms with van der Waals surface area (Å²) in [7, 11) is 0. The maximum Gasteiger partial charge on any atom is 0.123 e. The van der Waals surface area contributed by atoms with Gasteiger partial charge in [0.2, 0.25) is 0 Å². The first-order valence-corrected chi connectivity index (χ1v) is 5.65. The van der Waals surface area contributed by atoms with Crippen LogP contribution in [0.15, 0.2) is 24.3 Å². The molecule has 0 saturated heterocycles. The summed E-state index contributed by atoms with van der Waals surface area (Å²) < 4.78 is 10.9. The van der Waals surface area contributed by atoms with Crippen LogP contribution in [-0.2, 0) is 0 Å². The zero-order chi connectivity index (χ0) is 12.0. The highest BCUT2D eigenvalue weighted by atomic mass is 16.5. The Morgan fingerprint density at radius 1 is 1.19 bits per heavy atom. The summed E-state index contributed by atoms with van der Waals surface area (Å²) in [5.74, 6) is 1.51. The van der Waals surface area contributed by atoms with E-state index in [0.717, 1.165) is 11.5 Å². The van der Waals surface area contributed by atoms with Crippen molar-refractivity contribution in [3.8, 4) is 11.5 Å². The molecule has 0 aliphatic rings. The quantitative estimate of drug-likeness (QED) is 0.807. The van der Waals surface area contributed by atoms with E-state index in [1.165, 1.54) is 0 Å². The molecule has 0 bridgehead atoms. The first kappa shape index (κ1) is 12.8. The van der Waals surface area contributed by atoms with Crippen molar-refractivity contribution in [2.45, 2.75) is 32.8 Å². The fraction of sp³-hybridized carbons (Fsp3) is 0.538. The van der Waals surface area contributed by atoms with Crippen molar-refractivity contribution in [3.63, 3.8) is 0 Å². The molecule has 90 valence electrons. The predicted octanol–water partition coefficient (Wildman–Crippen LogP) is 2.63. The predicted molar refractivity (Wildman–Crippen MR) is 64.0 cm³/mol. The smallest absolute Gasteiger partial charge is 0.123 e. The lowest BCUT2D eigenvalue weighted by atomic mass is 10.1. The Labute approximate surface area is 97.0 Å². The van der Waals surface area contributed by atoms with Gasteiger partial charge in [-0.2, -0.15) is 0 Å². The third-order valence-corrected chi connectivity index (χ3v) is 2.43. The van der Waals surface area contributed by atoms with Crippen LogP contribution >= 0.6 is 0 Å². The molecule has 0 spiro atoms. The van der Waals surface area contributed by atoms with Gasteiger partial charge in [0, 0.05) is 6.07 Å². The minimum absolute atomic E-state index is 0.291. The average Bonchev–Trinajstić information content (AvgIpc) is 2.28. The van der Waals surface area contributed by atoms with E-state index >= 15 is 0 Å². The Balaban J connectivity index is 2.57. The van der Waals surface area contributed by atoms with Crippen molar-refractivity contribution in [3.05, 3.63) is 24.3 Å². The summed E-state index contributed by atoms with van der Waals surface area (Å²) in [5, 5.41) is 9.80. The Hall–Kier alpha value is -1.22. The molecule has 0 aliphatic heterocycles. The van der Waals surface area contributed by atoms with E-state index in [9.17, 15) is 5.11 Å². The summed E-state index contributed by atoms with van der Waals surface area (Å²) in [6.45, 7) is 6.56. The van der Waals surface area contributed by atoms with Crippen molar-refractivity contribution >= 4 is 0 Å². The molecule has 0 saturated carbocycles. The van der Waals surface area contributed by atoms with Gasteiger partial charge in [0.05, 0.1) is 12.2 Å². The van der Waals surface area contributed by atoms with Crippen molar-refractivity contribution in [1.29, 1.82) is 0 Å². The van der Waals surface area contributed by atoms with Gasteiger partial charge in [-0.25, -0.2) is 0 Å². The number of hydrogen-bond acceptors (Lipinski definition) is 3. The van der Waals surface area contributed by atoms with E-state index in [2.05, 4.69) is 0 Å². The molecule has 0 fully saturated rings. The highest BCUT2D eigenvalue weighted by molar-refractivity contribution is 5.32. The van der Waals surface area contributed by atoms with Crippen LogP contribution in [0.1, 0.15) is 27.2 Å². The SMILES string of the molecule is CCOc1cccc(OCC(C)(O)CC)c1. The van der Waals surface area contributed by atoms with Gasteiger partial charge >= 0.3 is 0 Å². The zero-order valence-electron chi connectivity index (χ0n) is 10.2. The van der Waals surface area contributed by atoms with Crippen LogP contribution in [0.2, 0.25) is 0 Å². The van der Waals surface area contributed by atoms with Crippen molar-refractivity contribution in [2.24, 2.45) is 0 Å². The molecule has 1 rings (SSSR count). The molecular formula is C13H20O3. The second-order valence-corrected chi connectivity index (χ2v) is 4.05. The number of aliphatic hydroxyl groups is 1. The first-order valence-electron chi connectivity index (χ1n) is 5.65. The van der Waals surface area contributed by atoms with E-state index in [1.807, 2.05) is 38.1 Å². The Morgan fingerprint density at radius 2 is 1.81 bits per heavy atom. The highest BCUT2D eigenvalue weighted by Gasteiger charge is 2.18. The number of benzene rings is 1. The molecule has 1 unspecified atom stereocenters. The Morgan fingerprint density at radius 3 is 2.38 bits per heavy atom. The Kier molecular flexibility index (Phi) is 4.62. The molecule has 0 heterocycles. The second-order valence-electron chi connectivity index (χ2n) is 4.05. The lowest BCUT2D eigenvalue weighted by molar-refractivity contribution is 0.00839. The van der Waals surface area contributed by atoms with Crippen molar-refractivity contribution in [2.75, 3.05) is 13.2 Å². The fourth-order valence-corrected chi connectivity index (χ4v) is 1.16. The van der Waals surface area contributed by atoms with Gasteiger partial charge in [-0.15, -0.1) is 0 Å². The molecule has 0 amide bonds. The van der Waals surface area contributed by atoms with Crippen molar-refractivity contribution in [1.82, 2.24) is 0 Å². The summed E-state index contributed by atoms with van der Waals surface area (Å²) in [4.78, 5) is 0. The maximum absolute atomic E-state index is 9.80. The normalized spacial score (nSPS) is 14.2. The molecule has 1 aromatic rings. The minimum atomic E-state index is -0.776. The highest BCUT2D eigenvalue weighted by Crippen LogP contribution is 2.20. The average molecular weight is 224 g/mol. The van der Waals surface area contributed by atoms with Crippen LogP contribution in [0.3, 0.4) is 0 Å². The zero-order valence-corrected chi connectivity index (χ0v) is 10.2. The molecule has 16 heavy (non-hydrogen) atoms. The molecule has 3 nitrogen and oxygen atoms in total. The van der Waals surface area contributed by atoms with Gasteiger partial charge in [0.15, 0.2) is 0 Å². The van der Waals surface area contributed by atoms with Crippen LogP contribution in [-0.4, -0.2) is 23.9 Å². The van der Waals surface area contributed by atoms with Crippen LogP contribution < -0.4 is 9.47 Å². The van der Waals surface area contributed by atoms with E-state index < -0.39 is 5.60 Å². The first-order chi connectivity index (χ1) is 7.57. The molecule has 0 radical (unpaired) electrons. The summed E-state index contributed by atoms with van der Waals surface area (Å²) in [5.41, 5.74) is -0.776. The maximum atomic E-state index is 9.80. The lowest BCUT2D eigenvalue weighted by Gasteiger charge is -2.21. The number of rotatable bonds is 6. The molecule has 3 heteroatoms. The molecule has 0 aromatic heterocycles. The van der Waals surface area contributed by atoms with Crippen LogP contribution in [0.25, 0.3) is 0 Å². The van der Waals surface area contributed by atoms with Gasteiger partial charge in [0.1, 0.15) is 18.1 Å². The number of hydrogen-bond donors (Lipinski definition) is 1. The fourth-order valence-electron chi connectivity index (χ4n) is 1.16. The summed E-state index contributed by atoms with van der Waals surface area (Å²) in [6.07, 6.45) is 0.665. The van der Waals surface area contributed by atoms with Gasteiger partial charge in [-0.05, 0) is 32.4 Å². The van der Waals surface area contributed by atoms with E-state index in [-0.39, 0.29) is 0 Å². The van der Waals surface area contributed by atoms with Gasteiger partial charge in [-0.1, -0.05) is 13.0 Å². The minimum Gasteiger partial charge on any atom is -0.494 e. The third kappa shape index (κ3) is 4.11. The van der Waals surface area contributed by atoms with Gasteiger partial charge in [0.25, 0.3) is 0 Å². The van der Waals surface area contributed by atoms with Crippen LogP contribution in [0.5, 0.6) is 11.5 Å². The topological polar surface area (TPSA) is 38.7 Å². The third-order valence-electron chi connectivity index (χ3n) is 2.43. The molecular weight excluding hydrogens is 204 g/mol. The van der Waals surface area contributed by atoms with E-state index in [1.54, 1.807) is 6.92 Å². The lowest BCUT2D eigenvalue weighted by Crippen LogP contribution is -2.31. The van der Waals surface area contributed by atoms with E-state index in [0.29, 0.717) is 19.6 Å². The molecule has 0 aliphatic carbocycles. The van der Waals surface area contributed by atoms with E-state index in [4.69, 9.17) is 9.47 Å².